The van der Waals surface area contributed by atoms with Gasteiger partial charge in [-0.15, -0.1) is 0 Å². The number of urea groups is 1. The number of nitrogens with zero attached hydrogens (tertiary/aromatic N) is 3. The van der Waals surface area contributed by atoms with E-state index in [4.69, 9.17) is 0 Å². The highest BCUT2D eigenvalue weighted by Gasteiger charge is 2.58. The van der Waals surface area contributed by atoms with Crippen LogP contribution in [0.25, 0.3) is 0 Å². The van der Waals surface area contributed by atoms with Gasteiger partial charge in [-0.1, -0.05) is 13.8 Å². The first-order valence-electron chi connectivity index (χ1n) is 14.6. The maximum Gasteiger partial charge on any atom is 0.416 e. The number of carbonyl (C=O) groups excluding carboxylic acids is 5. The Morgan fingerprint density at radius 1 is 0.978 bits per heavy atom. The zero-order valence-corrected chi connectivity index (χ0v) is 24.9. The fourth-order valence-corrected chi connectivity index (χ4v) is 5.81. The Kier molecular flexibility index (Phi) is 8.36. The molecule has 5 rings (SSSR count). The van der Waals surface area contributed by atoms with Gasteiger partial charge < -0.3 is 15.5 Å². The van der Waals surface area contributed by atoms with Crippen LogP contribution < -0.4 is 15.5 Å². The van der Waals surface area contributed by atoms with Gasteiger partial charge in [0.2, 0.25) is 11.8 Å². The summed E-state index contributed by atoms with van der Waals surface area (Å²) in [4.78, 5) is 69.2. The van der Waals surface area contributed by atoms with Crippen molar-refractivity contribution in [3.05, 3.63) is 59.4 Å². The molecule has 3 fully saturated rings. The summed E-state index contributed by atoms with van der Waals surface area (Å²) in [6, 6.07) is 6.34. The van der Waals surface area contributed by atoms with E-state index in [1.165, 1.54) is 16.8 Å². The summed E-state index contributed by atoms with van der Waals surface area (Å²) in [5, 5.41) is 5.22. The number of halogens is 4. The quantitative estimate of drug-likeness (QED) is 0.347. The normalized spacial score (nSPS) is 18.9. The number of likely N-dealkylation sites (N-methyl/N-ethyl adjacent to an activating group) is 1. The van der Waals surface area contributed by atoms with E-state index < -0.39 is 64.4 Å². The van der Waals surface area contributed by atoms with Gasteiger partial charge in [-0.3, -0.25) is 29.0 Å². The van der Waals surface area contributed by atoms with Crippen molar-refractivity contribution < 1.29 is 41.5 Å². The van der Waals surface area contributed by atoms with E-state index in [0.29, 0.717) is 29.6 Å². The van der Waals surface area contributed by atoms with Gasteiger partial charge in [0.15, 0.2) is 0 Å². The third kappa shape index (κ3) is 6.09. The zero-order chi connectivity index (χ0) is 32.8. The third-order valence-corrected chi connectivity index (χ3v) is 8.61. The fraction of sp³-hybridized carbons (Fsp3) is 0.452. The SMILES string of the molecule is CC(C)C(NC(=O)c1cc(C(F)(F)F)ccc1F)C(=O)N1CCC2(CC1)C(=O)N(C)C(=O)N2c1ccc(NC(=O)C2CC2)cc1. The summed E-state index contributed by atoms with van der Waals surface area (Å²) in [5.74, 6) is -3.88. The average molecular weight is 632 g/mol. The van der Waals surface area contributed by atoms with Crippen molar-refractivity contribution in [3.63, 3.8) is 0 Å². The molecule has 0 aromatic heterocycles. The lowest BCUT2D eigenvalue weighted by atomic mass is 9.85. The Morgan fingerprint density at radius 2 is 1.60 bits per heavy atom. The molecule has 45 heavy (non-hydrogen) atoms. The molecule has 6 amide bonds. The number of rotatable bonds is 7. The highest BCUT2D eigenvalue weighted by Crippen LogP contribution is 2.41. The molecule has 1 atom stereocenters. The molecular weight excluding hydrogens is 598 g/mol. The molecule has 2 aliphatic heterocycles. The molecule has 0 bridgehead atoms. The predicted molar refractivity (Wildman–Crippen MR) is 154 cm³/mol. The molecule has 1 aliphatic carbocycles. The van der Waals surface area contributed by atoms with Crippen molar-refractivity contribution in [2.24, 2.45) is 11.8 Å². The van der Waals surface area contributed by atoms with Gasteiger partial charge in [0.05, 0.1) is 11.1 Å². The minimum Gasteiger partial charge on any atom is -0.341 e. The lowest BCUT2D eigenvalue weighted by Gasteiger charge is -2.43. The number of nitrogens with one attached hydrogen (secondary N) is 2. The second-order valence-electron chi connectivity index (χ2n) is 12.0. The van der Waals surface area contributed by atoms with Gasteiger partial charge in [0.1, 0.15) is 17.4 Å². The smallest absolute Gasteiger partial charge is 0.341 e. The van der Waals surface area contributed by atoms with Gasteiger partial charge in [-0.25, -0.2) is 9.18 Å². The second-order valence-corrected chi connectivity index (χ2v) is 12.0. The van der Waals surface area contributed by atoms with Crippen LogP contribution in [-0.2, 0) is 20.6 Å². The van der Waals surface area contributed by atoms with Crippen molar-refractivity contribution in [2.75, 3.05) is 30.4 Å². The van der Waals surface area contributed by atoms with E-state index in [9.17, 15) is 41.5 Å². The van der Waals surface area contributed by atoms with Crippen LogP contribution in [0.2, 0.25) is 0 Å². The second kappa shape index (κ2) is 11.8. The van der Waals surface area contributed by atoms with Crippen LogP contribution in [0, 0.1) is 17.7 Å². The number of piperidine rings is 1. The average Bonchev–Trinajstić information content (AvgIpc) is 3.83. The topological polar surface area (TPSA) is 119 Å². The van der Waals surface area contributed by atoms with Crippen LogP contribution in [0.3, 0.4) is 0 Å². The monoisotopic (exact) mass is 631 g/mol. The highest BCUT2D eigenvalue weighted by molar-refractivity contribution is 6.17. The van der Waals surface area contributed by atoms with E-state index in [-0.39, 0.29) is 37.8 Å². The summed E-state index contributed by atoms with van der Waals surface area (Å²) < 4.78 is 53.9. The highest BCUT2D eigenvalue weighted by atomic mass is 19.4. The lowest BCUT2D eigenvalue weighted by Crippen LogP contribution is -2.60. The molecule has 10 nitrogen and oxygen atoms in total. The van der Waals surface area contributed by atoms with Crippen LogP contribution in [0.1, 0.15) is 55.5 Å². The fourth-order valence-electron chi connectivity index (χ4n) is 5.81. The molecule has 2 saturated heterocycles. The van der Waals surface area contributed by atoms with Crippen molar-refractivity contribution in [1.29, 1.82) is 0 Å². The number of carbonyl (C=O) groups is 5. The number of anilines is 2. The van der Waals surface area contributed by atoms with Crippen LogP contribution in [0.15, 0.2) is 42.5 Å². The maximum absolute atomic E-state index is 14.4. The summed E-state index contributed by atoms with van der Waals surface area (Å²) >= 11 is 0. The molecule has 0 radical (unpaired) electrons. The molecule has 1 unspecified atom stereocenters. The largest absolute Gasteiger partial charge is 0.416 e. The molecule has 14 heteroatoms. The minimum absolute atomic E-state index is 0.0117. The first-order chi connectivity index (χ1) is 21.1. The summed E-state index contributed by atoms with van der Waals surface area (Å²) in [6.45, 7) is 3.33. The Balaban J connectivity index is 1.31. The lowest BCUT2D eigenvalue weighted by molar-refractivity contribution is -0.139. The zero-order valence-electron chi connectivity index (χ0n) is 24.9. The maximum atomic E-state index is 14.4. The van der Waals surface area contributed by atoms with E-state index in [1.807, 2.05) is 0 Å². The van der Waals surface area contributed by atoms with Crippen LogP contribution in [0.5, 0.6) is 0 Å². The molecule has 2 heterocycles. The Morgan fingerprint density at radius 3 is 2.16 bits per heavy atom. The predicted octanol–water partition coefficient (Wildman–Crippen LogP) is 4.41. The number of imide groups is 1. The minimum atomic E-state index is -4.80. The molecule has 3 aliphatic rings. The van der Waals surface area contributed by atoms with Crippen LogP contribution in [-0.4, -0.2) is 71.2 Å². The van der Waals surface area contributed by atoms with E-state index in [2.05, 4.69) is 10.6 Å². The standard InChI is InChI=1S/C31H33F4N5O5/c1-17(2)24(37-26(42)22-16-19(31(33,34)35)6-11-23(22)32)27(43)39-14-12-30(13-15-39)28(44)38(3)29(45)40(30)21-9-7-20(8-10-21)36-25(41)18-4-5-18/h6-11,16-18,24H,4-5,12-15H2,1-3H3,(H,36,41)(H,37,42). The van der Waals surface area contributed by atoms with Gasteiger partial charge in [-0.05, 0) is 74.1 Å². The molecule has 240 valence electrons. The van der Waals surface area contributed by atoms with Crippen LogP contribution in [0.4, 0.5) is 33.7 Å². The van der Waals surface area contributed by atoms with Crippen molar-refractivity contribution in [1.82, 2.24) is 15.1 Å². The van der Waals surface area contributed by atoms with Crippen LogP contribution >= 0.6 is 0 Å². The van der Waals surface area contributed by atoms with Gasteiger partial charge >= 0.3 is 12.2 Å². The Hall–Kier alpha value is -4.49. The van der Waals surface area contributed by atoms with E-state index >= 15 is 0 Å². The number of alkyl halides is 3. The van der Waals surface area contributed by atoms with Gasteiger partial charge in [0, 0.05) is 37.4 Å². The third-order valence-electron chi connectivity index (χ3n) is 8.61. The number of likely N-dealkylation sites (tertiary alicyclic amines) is 1. The Labute approximate surface area is 256 Å². The Bertz CT molecular complexity index is 1530. The first-order valence-corrected chi connectivity index (χ1v) is 14.6. The van der Waals surface area contributed by atoms with Gasteiger partial charge in [0.25, 0.3) is 11.8 Å². The van der Waals surface area contributed by atoms with Crippen molar-refractivity contribution >= 4 is 41.0 Å². The molecule has 2 N–H and O–H groups in total. The summed E-state index contributed by atoms with van der Waals surface area (Å²) in [7, 11) is 1.38. The van der Waals surface area contributed by atoms with Crippen molar-refractivity contribution in [2.45, 2.75) is 57.3 Å². The van der Waals surface area contributed by atoms with Crippen molar-refractivity contribution in [3.8, 4) is 0 Å². The number of hydrogen-bond donors (Lipinski definition) is 2. The molecule has 1 saturated carbocycles. The molecular formula is C31H33F4N5O5. The molecule has 2 aromatic carbocycles. The van der Waals surface area contributed by atoms with E-state index in [0.717, 1.165) is 17.7 Å². The summed E-state index contributed by atoms with van der Waals surface area (Å²) in [6.07, 6.45) is -2.94. The molecule has 2 aromatic rings. The molecule has 1 spiro atoms. The number of amides is 6. The summed E-state index contributed by atoms with van der Waals surface area (Å²) in [5.41, 5.74) is -2.32. The van der Waals surface area contributed by atoms with E-state index in [1.54, 1.807) is 38.1 Å². The van der Waals surface area contributed by atoms with Gasteiger partial charge in [-0.2, -0.15) is 13.2 Å². The number of hydrogen-bond acceptors (Lipinski definition) is 5. The number of benzene rings is 2. The first kappa shape index (κ1) is 31.9.